The van der Waals surface area contributed by atoms with Crippen LogP contribution in [0.4, 0.5) is 20.2 Å². The van der Waals surface area contributed by atoms with Gasteiger partial charge in [-0.05, 0) is 25.1 Å². The summed E-state index contributed by atoms with van der Waals surface area (Å²) in [5, 5.41) is 13.3. The molecule has 6 nitrogen and oxygen atoms in total. The molecular formula is C15H12F2N2O4. The molecule has 0 heterocycles. The maximum absolute atomic E-state index is 12.4. The summed E-state index contributed by atoms with van der Waals surface area (Å²) in [4.78, 5) is 22.6. The van der Waals surface area contributed by atoms with E-state index in [1.165, 1.54) is 49.4 Å². The van der Waals surface area contributed by atoms with Crippen molar-refractivity contribution < 1.29 is 23.2 Å². The zero-order valence-corrected chi connectivity index (χ0v) is 12.0. The van der Waals surface area contributed by atoms with E-state index < -0.39 is 17.4 Å². The molecule has 1 N–H and O–H groups in total. The van der Waals surface area contributed by atoms with Crippen LogP contribution in [-0.4, -0.2) is 17.4 Å². The number of alkyl halides is 2. The number of nitrogens with one attached hydrogen (secondary N) is 1. The lowest BCUT2D eigenvalue weighted by atomic mass is 10.1. The van der Waals surface area contributed by atoms with Crippen molar-refractivity contribution in [2.24, 2.45) is 0 Å². The number of nitrogens with zero attached hydrogens (tertiary/aromatic N) is 1. The van der Waals surface area contributed by atoms with Gasteiger partial charge in [-0.1, -0.05) is 18.2 Å². The monoisotopic (exact) mass is 322 g/mol. The number of halogens is 2. The molecule has 0 fully saturated rings. The normalized spacial score (nSPS) is 10.4. The Labute approximate surface area is 129 Å². The third kappa shape index (κ3) is 3.79. The van der Waals surface area contributed by atoms with Gasteiger partial charge in [0.15, 0.2) is 0 Å². The van der Waals surface area contributed by atoms with Crippen LogP contribution in [0, 0.1) is 17.0 Å². The second kappa shape index (κ2) is 6.82. The zero-order chi connectivity index (χ0) is 17.0. The van der Waals surface area contributed by atoms with E-state index in [4.69, 9.17) is 0 Å². The van der Waals surface area contributed by atoms with E-state index in [9.17, 15) is 23.7 Å². The fraction of sp³-hybridized carbons (Fsp3) is 0.133. The number of nitro benzene ring substituents is 1. The molecule has 0 unspecified atom stereocenters. The predicted octanol–water partition coefficient (Wildman–Crippen LogP) is 3.76. The van der Waals surface area contributed by atoms with Crippen molar-refractivity contribution in [1.82, 2.24) is 0 Å². The fourth-order valence-electron chi connectivity index (χ4n) is 2.03. The first-order valence-electron chi connectivity index (χ1n) is 6.49. The molecule has 0 aliphatic heterocycles. The van der Waals surface area contributed by atoms with Crippen molar-refractivity contribution in [3.05, 3.63) is 63.7 Å². The van der Waals surface area contributed by atoms with Crippen LogP contribution in [0.3, 0.4) is 0 Å². The lowest BCUT2D eigenvalue weighted by molar-refractivity contribution is -0.385. The highest BCUT2D eigenvalue weighted by atomic mass is 19.3. The van der Waals surface area contributed by atoms with Gasteiger partial charge in [0.1, 0.15) is 5.75 Å². The second-order valence-electron chi connectivity index (χ2n) is 4.54. The molecular weight excluding hydrogens is 310 g/mol. The number of nitro groups is 1. The molecule has 120 valence electrons. The molecule has 2 aromatic rings. The van der Waals surface area contributed by atoms with Gasteiger partial charge in [-0.3, -0.25) is 14.9 Å². The summed E-state index contributed by atoms with van der Waals surface area (Å²) < 4.78 is 29.0. The van der Waals surface area contributed by atoms with Crippen LogP contribution in [-0.2, 0) is 0 Å². The molecule has 0 aliphatic carbocycles. The number of para-hydroxylation sites is 2. The molecule has 0 aromatic heterocycles. The number of rotatable bonds is 5. The summed E-state index contributed by atoms with van der Waals surface area (Å²) in [5.41, 5.74) is 0.104. The van der Waals surface area contributed by atoms with Gasteiger partial charge in [-0.25, -0.2) is 0 Å². The molecule has 0 aliphatic rings. The van der Waals surface area contributed by atoms with Crippen molar-refractivity contribution >= 4 is 17.3 Å². The Balaban J connectivity index is 2.30. The molecule has 0 saturated carbocycles. The first kappa shape index (κ1) is 16.3. The largest absolute Gasteiger partial charge is 0.433 e. The average molecular weight is 322 g/mol. The zero-order valence-electron chi connectivity index (χ0n) is 12.0. The van der Waals surface area contributed by atoms with Crippen molar-refractivity contribution in [3.63, 3.8) is 0 Å². The Morgan fingerprint density at radius 2 is 1.91 bits per heavy atom. The van der Waals surface area contributed by atoms with Crippen LogP contribution >= 0.6 is 0 Å². The minimum Gasteiger partial charge on any atom is -0.433 e. The Kier molecular flexibility index (Phi) is 4.85. The molecule has 0 bridgehead atoms. The van der Waals surface area contributed by atoms with Crippen LogP contribution in [0.25, 0.3) is 0 Å². The highest BCUT2D eigenvalue weighted by molar-refractivity contribution is 6.06. The van der Waals surface area contributed by atoms with E-state index in [0.29, 0.717) is 0 Å². The van der Waals surface area contributed by atoms with E-state index in [1.807, 2.05) is 0 Å². The quantitative estimate of drug-likeness (QED) is 0.671. The second-order valence-corrected chi connectivity index (χ2v) is 4.54. The number of anilines is 1. The third-order valence-corrected chi connectivity index (χ3v) is 3.10. The third-order valence-electron chi connectivity index (χ3n) is 3.10. The van der Waals surface area contributed by atoms with Gasteiger partial charge in [0.2, 0.25) is 0 Å². The van der Waals surface area contributed by atoms with Gasteiger partial charge >= 0.3 is 6.61 Å². The van der Waals surface area contributed by atoms with E-state index in [0.717, 1.165) is 0 Å². The van der Waals surface area contributed by atoms with Crippen LogP contribution in [0.2, 0.25) is 0 Å². The van der Waals surface area contributed by atoms with Crippen LogP contribution in [0.15, 0.2) is 42.5 Å². The van der Waals surface area contributed by atoms with Gasteiger partial charge < -0.3 is 10.1 Å². The predicted molar refractivity (Wildman–Crippen MR) is 78.9 cm³/mol. The number of carbonyl (C=O) groups is 1. The van der Waals surface area contributed by atoms with Gasteiger partial charge in [0.05, 0.1) is 10.6 Å². The maximum Gasteiger partial charge on any atom is 0.387 e. The molecule has 8 heteroatoms. The van der Waals surface area contributed by atoms with Gasteiger partial charge in [0, 0.05) is 17.2 Å². The van der Waals surface area contributed by atoms with E-state index >= 15 is 0 Å². The number of carbonyl (C=O) groups excluding carboxylic acids is 1. The van der Waals surface area contributed by atoms with Gasteiger partial charge in [-0.15, -0.1) is 0 Å². The highest BCUT2D eigenvalue weighted by Crippen LogP contribution is 2.27. The van der Waals surface area contributed by atoms with E-state index in [2.05, 4.69) is 10.1 Å². The van der Waals surface area contributed by atoms with Gasteiger partial charge in [0.25, 0.3) is 11.6 Å². The fourth-order valence-corrected chi connectivity index (χ4v) is 2.03. The number of amides is 1. The molecule has 23 heavy (non-hydrogen) atoms. The number of hydrogen-bond donors (Lipinski definition) is 1. The Morgan fingerprint density at radius 1 is 1.22 bits per heavy atom. The molecule has 0 saturated heterocycles. The topological polar surface area (TPSA) is 81.5 Å². The molecule has 2 rings (SSSR count). The standard InChI is InChI=1S/C15H12F2N2O4/c1-9-10(5-4-7-12(9)19(21)22)14(20)18-11-6-2-3-8-13(11)23-15(16)17/h2-8,15H,1H3,(H,18,20). The summed E-state index contributed by atoms with van der Waals surface area (Å²) in [6.45, 7) is -1.60. The summed E-state index contributed by atoms with van der Waals surface area (Å²) in [7, 11) is 0. The number of ether oxygens (including phenoxy) is 1. The smallest absolute Gasteiger partial charge is 0.387 e. The van der Waals surface area contributed by atoms with Crippen molar-refractivity contribution in [3.8, 4) is 5.75 Å². The molecule has 0 atom stereocenters. The van der Waals surface area contributed by atoms with Crippen LogP contribution < -0.4 is 10.1 Å². The van der Waals surface area contributed by atoms with Crippen molar-refractivity contribution in [1.29, 1.82) is 0 Å². The SMILES string of the molecule is Cc1c(C(=O)Nc2ccccc2OC(F)F)cccc1[N+](=O)[O-]. The minimum atomic E-state index is -3.03. The van der Waals surface area contributed by atoms with Crippen molar-refractivity contribution in [2.45, 2.75) is 13.5 Å². The maximum atomic E-state index is 12.4. The number of hydrogen-bond acceptors (Lipinski definition) is 4. The first-order chi connectivity index (χ1) is 10.9. The molecule has 1 amide bonds. The summed E-state index contributed by atoms with van der Waals surface area (Å²) in [6.07, 6.45) is 0. The molecule has 0 radical (unpaired) electrons. The lowest BCUT2D eigenvalue weighted by Gasteiger charge is -2.12. The Bertz CT molecular complexity index is 750. The summed E-state index contributed by atoms with van der Waals surface area (Å²) in [5.74, 6) is -0.851. The van der Waals surface area contributed by atoms with E-state index in [1.54, 1.807) is 0 Å². The Hall–Kier alpha value is -3.03. The van der Waals surface area contributed by atoms with Gasteiger partial charge in [-0.2, -0.15) is 8.78 Å². The number of benzene rings is 2. The average Bonchev–Trinajstić information content (AvgIpc) is 2.48. The summed E-state index contributed by atoms with van der Waals surface area (Å²) in [6, 6.07) is 9.75. The van der Waals surface area contributed by atoms with Crippen LogP contribution in [0.5, 0.6) is 5.75 Å². The Morgan fingerprint density at radius 3 is 2.57 bits per heavy atom. The minimum absolute atomic E-state index is 0.0451. The lowest BCUT2D eigenvalue weighted by Crippen LogP contribution is -2.15. The van der Waals surface area contributed by atoms with E-state index in [-0.39, 0.29) is 28.3 Å². The summed E-state index contributed by atoms with van der Waals surface area (Å²) >= 11 is 0. The molecule has 2 aromatic carbocycles. The highest BCUT2D eigenvalue weighted by Gasteiger charge is 2.19. The molecule has 0 spiro atoms. The first-order valence-corrected chi connectivity index (χ1v) is 6.49. The van der Waals surface area contributed by atoms with Crippen molar-refractivity contribution in [2.75, 3.05) is 5.32 Å². The van der Waals surface area contributed by atoms with Crippen LogP contribution in [0.1, 0.15) is 15.9 Å².